The Morgan fingerprint density at radius 2 is 2.40 bits per heavy atom. The number of likely N-dealkylation sites (tertiary alicyclic amines) is 1. The molecule has 1 aliphatic heterocycles. The molecule has 0 spiro atoms. The topological polar surface area (TPSA) is 45.5 Å². The molecule has 1 aliphatic rings. The van der Waals surface area contributed by atoms with Crippen LogP contribution in [-0.2, 0) is 11.2 Å². The van der Waals surface area contributed by atoms with Gasteiger partial charge in [0.15, 0.2) is 0 Å². The van der Waals surface area contributed by atoms with Crippen LogP contribution >= 0.6 is 0 Å². The summed E-state index contributed by atoms with van der Waals surface area (Å²) in [5.74, 6) is 1.68. The lowest BCUT2D eigenvalue weighted by Crippen LogP contribution is -2.50. The highest BCUT2D eigenvalue weighted by atomic mass is 16.3. The molecule has 0 aromatic carbocycles. The Balaban J connectivity index is 1.75. The summed E-state index contributed by atoms with van der Waals surface area (Å²) in [6.07, 6.45) is 5.14. The number of hydrogen-bond donors (Lipinski definition) is 1. The van der Waals surface area contributed by atoms with Gasteiger partial charge in [-0.25, -0.2) is 0 Å². The number of hydrogen-bond acceptors (Lipinski definition) is 3. The number of rotatable bonds is 6. The Hall–Kier alpha value is -1.29. The maximum absolute atomic E-state index is 12.2. The van der Waals surface area contributed by atoms with Crippen LogP contribution in [-0.4, -0.2) is 36.5 Å². The monoisotopic (exact) mass is 278 g/mol. The minimum Gasteiger partial charge on any atom is -0.469 e. The summed E-state index contributed by atoms with van der Waals surface area (Å²) in [7, 11) is 0. The fourth-order valence-corrected chi connectivity index (χ4v) is 2.85. The number of carbonyl (C=O) groups is 1. The van der Waals surface area contributed by atoms with Crippen LogP contribution < -0.4 is 5.32 Å². The van der Waals surface area contributed by atoms with Gasteiger partial charge in [-0.15, -0.1) is 0 Å². The third-order valence-electron chi connectivity index (χ3n) is 4.08. The Kier molecular flexibility index (Phi) is 5.65. The van der Waals surface area contributed by atoms with Crippen LogP contribution in [0.3, 0.4) is 0 Å². The molecule has 4 heteroatoms. The molecule has 1 aromatic heterocycles. The van der Waals surface area contributed by atoms with E-state index in [0.717, 1.165) is 38.2 Å². The molecule has 0 bridgehead atoms. The van der Waals surface area contributed by atoms with Gasteiger partial charge in [-0.05, 0) is 37.4 Å². The summed E-state index contributed by atoms with van der Waals surface area (Å²) >= 11 is 0. The Labute approximate surface area is 121 Å². The van der Waals surface area contributed by atoms with Gasteiger partial charge in [0, 0.05) is 32.0 Å². The van der Waals surface area contributed by atoms with E-state index in [9.17, 15) is 4.79 Å². The van der Waals surface area contributed by atoms with Gasteiger partial charge in [0.2, 0.25) is 5.91 Å². The highest BCUT2D eigenvalue weighted by Crippen LogP contribution is 2.18. The predicted octanol–water partition coefficient (Wildman–Crippen LogP) is 2.45. The first kappa shape index (κ1) is 15.1. The molecule has 0 saturated carbocycles. The van der Waals surface area contributed by atoms with E-state index in [1.165, 1.54) is 0 Å². The lowest BCUT2D eigenvalue weighted by Gasteiger charge is -2.37. The summed E-state index contributed by atoms with van der Waals surface area (Å²) < 4.78 is 5.27. The van der Waals surface area contributed by atoms with Crippen LogP contribution in [0.1, 0.15) is 38.9 Å². The number of piperidine rings is 1. The van der Waals surface area contributed by atoms with E-state index in [1.807, 2.05) is 17.0 Å². The van der Waals surface area contributed by atoms with Crippen molar-refractivity contribution in [1.29, 1.82) is 0 Å². The highest BCUT2D eigenvalue weighted by molar-refractivity contribution is 5.76. The molecule has 2 atom stereocenters. The maximum atomic E-state index is 12.2. The molecule has 1 saturated heterocycles. The van der Waals surface area contributed by atoms with Gasteiger partial charge in [-0.1, -0.05) is 13.8 Å². The molecule has 0 aliphatic carbocycles. The zero-order chi connectivity index (χ0) is 14.4. The van der Waals surface area contributed by atoms with E-state index in [1.54, 1.807) is 6.26 Å². The largest absolute Gasteiger partial charge is 0.469 e. The first-order valence-corrected chi connectivity index (χ1v) is 7.74. The number of nitrogens with zero attached hydrogens (tertiary/aromatic N) is 1. The van der Waals surface area contributed by atoms with Crippen molar-refractivity contribution in [3.63, 3.8) is 0 Å². The fraction of sp³-hybridized carbons (Fsp3) is 0.688. The first-order chi connectivity index (χ1) is 9.70. The molecular formula is C16H26N2O2. The standard InChI is InChI=1S/C16H26N2O2/c1-3-9-17-15-8-10-18(12-13(15)2)16(19)7-6-14-5-4-11-20-14/h4-5,11,13,15,17H,3,6-10,12H2,1-2H3. The fourth-order valence-electron chi connectivity index (χ4n) is 2.85. The van der Waals surface area contributed by atoms with Gasteiger partial charge in [0.1, 0.15) is 5.76 Å². The molecule has 1 amide bonds. The smallest absolute Gasteiger partial charge is 0.223 e. The van der Waals surface area contributed by atoms with Crippen LogP contribution in [0.2, 0.25) is 0 Å². The Bertz CT molecular complexity index is 403. The number of nitrogens with one attached hydrogen (secondary N) is 1. The van der Waals surface area contributed by atoms with Crippen molar-refractivity contribution in [3.8, 4) is 0 Å². The van der Waals surface area contributed by atoms with E-state index in [-0.39, 0.29) is 5.91 Å². The molecule has 2 unspecified atom stereocenters. The average molecular weight is 278 g/mol. The summed E-state index contributed by atoms with van der Waals surface area (Å²) in [4.78, 5) is 14.2. The second-order valence-electron chi connectivity index (χ2n) is 5.75. The highest BCUT2D eigenvalue weighted by Gasteiger charge is 2.27. The SMILES string of the molecule is CCCNC1CCN(C(=O)CCc2ccco2)CC1C. The van der Waals surface area contributed by atoms with Crippen LogP contribution in [0.4, 0.5) is 0 Å². The maximum Gasteiger partial charge on any atom is 0.223 e. The van der Waals surface area contributed by atoms with Crippen molar-refractivity contribution in [2.24, 2.45) is 5.92 Å². The summed E-state index contributed by atoms with van der Waals surface area (Å²) in [5.41, 5.74) is 0. The van der Waals surface area contributed by atoms with Crippen molar-refractivity contribution in [2.45, 2.75) is 45.6 Å². The third-order valence-corrected chi connectivity index (χ3v) is 4.08. The zero-order valence-corrected chi connectivity index (χ0v) is 12.6. The van der Waals surface area contributed by atoms with Crippen molar-refractivity contribution in [1.82, 2.24) is 10.2 Å². The quantitative estimate of drug-likeness (QED) is 0.869. The van der Waals surface area contributed by atoms with Gasteiger partial charge in [-0.3, -0.25) is 4.79 Å². The predicted molar refractivity (Wildman–Crippen MR) is 79.5 cm³/mol. The van der Waals surface area contributed by atoms with Crippen LogP contribution in [0.5, 0.6) is 0 Å². The van der Waals surface area contributed by atoms with Gasteiger partial charge in [0.05, 0.1) is 6.26 Å². The van der Waals surface area contributed by atoms with Crippen molar-refractivity contribution in [2.75, 3.05) is 19.6 Å². The third kappa shape index (κ3) is 4.10. The van der Waals surface area contributed by atoms with E-state index in [4.69, 9.17) is 4.42 Å². The van der Waals surface area contributed by atoms with Crippen molar-refractivity contribution in [3.05, 3.63) is 24.2 Å². The molecular weight excluding hydrogens is 252 g/mol. The summed E-state index contributed by atoms with van der Waals surface area (Å²) in [6, 6.07) is 4.35. The van der Waals surface area contributed by atoms with Crippen LogP contribution in [0.15, 0.2) is 22.8 Å². The zero-order valence-electron chi connectivity index (χ0n) is 12.6. The molecule has 1 aromatic rings. The van der Waals surface area contributed by atoms with Crippen molar-refractivity contribution < 1.29 is 9.21 Å². The van der Waals surface area contributed by atoms with E-state index >= 15 is 0 Å². The summed E-state index contributed by atoms with van der Waals surface area (Å²) in [5, 5.41) is 3.58. The molecule has 0 radical (unpaired) electrons. The molecule has 2 heterocycles. The molecule has 1 fully saturated rings. The molecule has 1 N–H and O–H groups in total. The average Bonchev–Trinajstić information content (AvgIpc) is 2.96. The van der Waals surface area contributed by atoms with Crippen molar-refractivity contribution >= 4 is 5.91 Å². The Morgan fingerprint density at radius 1 is 1.55 bits per heavy atom. The molecule has 112 valence electrons. The van der Waals surface area contributed by atoms with Gasteiger partial charge >= 0.3 is 0 Å². The van der Waals surface area contributed by atoms with E-state index < -0.39 is 0 Å². The first-order valence-electron chi connectivity index (χ1n) is 7.74. The summed E-state index contributed by atoms with van der Waals surface area (Å²) in [6.45, 7) is 7.24. The van der Waals surface area contributed by atoms with Gasteiger partial charge in [-0.2, -0.15) is 0 Å². The lowest BCUT2D eigenvalue weighted by molar-refractivity contribution is -0.133. The second kappa shape index (κ2) is 7.48. The minimum absolute atomic E-state index is 0.252. The number of carbonyl (C=O) groups excluding carboxylic acids is 1. The minimum atomic E-state index is 0.252. The molecule has 2 rings (SSSR count). The number of furan rings is 1. The second-order valence-corrected chi connectivity index (χ2v) is 5.75. The lowest BCUT2D eigenvalue weighted by atomic mass is 9.93. The Morgan fingerprint density at radius 3 is 3.05 bits per heavy atom. The number of aryl methyl sites for hydroxylation is 1. The van der Waals surface area contributed by atoms with Crippen LogP contribution in [0.25, 0.3) is 0 Å². The molecule has 20 heavy (non-hydrogen) atoms. The van der Waals surface area contributed by atoms with Gasteiger partial charge in [0.25, 0.3) is 0 Å². The van der Waals surface area contributed by atoms with E-state index in [0.29, 0.717) is 24.8 Å². The van der Waals surface area contributed by atoms with Gasteiger partial charge < -0.3 is 14.6 Å². The normalized spacial score (nSPS) is 23.0. The van der Waals surface area contributed by atoms with Crippen LogP contribution in [0, 0.1) is 5.92 Å². The van der Waals surface area contributed by atoms with E-state index in [2.05, 4.69) is 19.2 Å². The number of amides is 1. The molecule has 4 nitrogen and oxygen atoms in total.